The Morgan fingerprint density at radius 3 is 2.14 bits per heavy atom. The molecule has 2 bridgehead atoms. The molecule has 0 N–H and O–H groups in total. The number of halogens is 4. The van der Waals surface area contributed by atoms with E-state index in [0.29, 0.717) is 12.4 Å². The predicted octanol–water partition coefficient (Wildman–Crippen LogP) is 5.52. The van der Waals surface area contributed by atoms with E-state index < -0.39 is 11.7 Å². The van der Waals surface area contributed by atoms with Crippen molar-refractivity contribution in [1.29, 1.82) is 0 Å². The van der Waals surface area contributed by atoms with Gasteiger partial charge in [0.2, 0.25) is 0 Å². The van der Waals surface area contributed by atoms with Crippen LogP contribution in [0.4, 0.5) is 17.6 Å². The molecule has 0 saturated heterocycles. The molecule has 1 fully saturated rings. The van der Waals surface area contributed by atoms with Gasteiger partial charge in [-0.1, -0.05) is 6.92 Å². The lowest BCUT2D eigenvalue weighted by atomic mass is 9.58. The van der Waals surface area contributed by atoms with E-state index in [4.69, 9.17) is 4.74 Å². The highest BCUT2D eigenvalue weighted by Crippen LogP contribution is 2.56. The second-order valence-corrected chi connectivity index (χ2v) is 6.73. The minimum atomic E-state index is -4.35. The van der Waals surface area contributed by atoms with Gasteiger partial charge in [-0.3, -0.25) is 0 Å². The molecule has 0 aromatic heterocycles. The lowest BCUT2D eigenvalue weighted by Crippen LogP contribution is -2.41. The van der Waals surface area contributed by atoms with E-state index in [1.807, 2.05) is 6.92 Å². The van der Waals surface area contributed by atoms with Gasteiger partial charge < -0.3 is 4.74 Å². The summed E-state index contributed by atoms with van der Waals surface area (Å²) in [4.78, 5) is 0. The van der Waals surface area contributed by atoms with Gasteiger partial charge in [-0.25, -0.2) is 4.39 Å². The van der Waals surface area contributed by atoms with Crippen LogP contribution in [0.5, 0.6) is 5.75 Å². The maximum absolute atomic E-state index is 14.1. The van der Waals surface area contributed by atoms with Crippen LogP contribution in [0.1, 0.15) is 38.2 Å². The van der Waals surface area contributed by atoms with Gasteiger partial charge in [0.05, 0.1) is 12.2 Å². The zero-order chi connectivity index (χ0) is 16.0. The number of benzene rings is 1. The van der Waals surface area contributed by atoms with Crippen LogP contribution in [0.15, 0.2) is 36.2 Å². The topological polar surface area (TPSA) is 9.23 Å². The van der Waals surface area contributed by atoms with E-state index in [-0.39, 0.29) is 16.7 Å². The van der Waals surface area contributed by atoms with E-state index in [0.717, 1.165) is 37.8 Å². The summed E-state index contributed by atoms with van der Waals surface area (Å²) in [6.07, 6.45) is 0.636. The Hall–Kier alpha value is -1.52. The molecule has 0 aliphatic heterocycles. The molecule has 22 heavy (non-hydrogen) atoms. The van der Waals surface area contributed by atoms with Crippen LogP contribution in [-0.4, -0.2) is 6.61 Å². The van der Waals surface area contributed by atoms with Gasteiger partial charge in [0.15, 0.2) is 0 Å². The quantitative estimate of drug-likeness (QED) is 0.668. The molecule has 0 atom stereocenters. The van der Waals surface area contributed by atoms with Crippen molar-refractivity contribution in [3.8, 4) is 5.75 Å². The molecule has 1 aromatic rings. The molecule has 0 radical (unpaired) electrons. The largest absolute Gasteiger partial charge is 0.493 e. The van der Waals surface area contributed by atoms with Crippen LogP contribution in [0, 0.1) is 10.8 Å². The van der Waals surface area contributed by atoms with E-state index in [2.05, 4.69) is 0 Å². The molecule has 0 heterocycles. The Bertz CT molecular complexity index is 578. The summed E-state index contributed by atoms with van der Waals surface area (Å²) >= 11 is 0. The van der Waals surface area contributed by atoms with Crippen molar-refractivity contribution in [2.45, 2.75) is 38.8 Å². The zero-order valence-electron chi connectivity index (χ0n) is 12.3. The van der Waals surface area contributed by atoms with E-state index in [9.17, 15) is 17.6 Å². The minimum Gasteiger partial charge on any atom is -0.493 e. The average Bonchev–Trinajstić information content (AvgIpc) is 2.47. The Morgan fingerprint density at radius 1 is 1.05 bits per heavy atom. The van der Waals surface area contributed by atoms with Gasteiger partial charge in [0.25, 0.3) is 0 Å². The number of allylic oxidation sites excluding steroid dienone is 1. The van der Waals surface area contributed by atoms with Crippen molar-refractivity contribution in [2.75, 3.05) is 6.61 Å². The van der Waals surface area contributed by atoms with Crippen LogP contribution >= 0.6 is 0 Å². The van der Waals surface area contributed by atoms with Crippen molar-refractivity contribution in [3.63, 3.8) is 0 Å². The molecule has 120 valence electrons. The molecular weight excluding hydrogens is 296 g/mol. The highest BCUT2D eigenvalue weighted by atomic mass is 19.4. The molecule has 0 unspecified atom stereocenters. The average molecular weight is 314 g/mol. The molecule has 5 heteroatoms. The Labute approximate surface area is 127 Å². The van der Waals surface area contributed by atoms with Gasteiger partial charge in [-0.05, 0) is 56.0 Å². The van der Waals surface area contributed by atoms with Gasteiger partial charge in [0.1, 0.15) is 11.6 Å². The Balaban J connectivity index is 1.68. The number of hydrogen-bond acceptors (Lipinski definition) is 1. The van der Waals surface area contributed by atoms with Crippen molar-refractivity contribution < 1.29 is 22.3 Å². The maximum atomic E-state index is 14.1. The van der Waals surface area contributed by atoms with Crippen molar-refractivity contribution in [1.82, 2.24) is 0 Å². The predicted molar refractivity (Wildman–Crippen MR) is 75.1 cm³/mol. The van der Waals surface area contributed by atoms with Crippen LogP contribution in [-0.2, 0) is 6.18 Å². The number of alkyl halides is 3. The molecule has 4 rings (SSSR count). The van der Waals surface area contributed by atoms with E-state index in [1.54, 1.807) is 6.08 Å². The molecule has 0 amide bonds. The van der Waals surface area contributed by atoms with E-state index in [1.165, 1.54) is 12.1 Å². The summed E-state index contributed by atoms with van der Waals surface area (Å²) in [5.74, 6) is 0.316. The summed E-state index contributed by atoms with van der Waals surface area (Å²) in [5.41, 5.74) is -1.34. The molecule has 1 saturated carbocycles. The summed E-state index contributed by atoms with van der Waals surface area (Å²) in [6, 6.07) is 4.63. The summed E-state index contributed by atoms with van der Waals surface area (Å²) in [6.45, 7) is 2.25. The van der Waals surface area contributed by atoms with Crippen molar-refractivity contribution in [3.05, 3.63) is 41.7 Å². The third-order valence-corrected chi connectivity index (χ3v) is 5.07. The van der Waals surface area contributed by atoms with Crippen LogP contribution in [0.25, 0.3) is 0 Å². The van der Waals surface area contributed by atoms with Crippen molar-refractivity contribution >= 4 is 0 Å². The molecule has 1 aromatic carbocycles. The second-order valence-electron chi connectivity index (χ2n) is 6.73. The SMILES string of the molecule is CC12CCC(COc3ccc(C(F)(F)F)cc3)(C=C1F)CC2. The van der Waals surface area contributed by atoms with E-state index >= 15 is 0 Å². The van der Waals surface area contributed by atoms with Crippen LogP contribution in [0.2, 0.25) is 0 Å². The number of rotatable bonds is 3. The first kappa shape index (κ1) is 15.4. The lowest BCUT2D eigenvalue weighted by molar-refractivity contribution is -0.137. The van der Waals surface area contributed by atoms with Crippen LogP contribution in [0.3, 0.4) is 0 Å². The summed E-state index contributed by atoms with van der Waals surface area (Å²) in [5, 5.41) is 0. The smallest absolute Gasteiger partial charge is 0.416 e. The number of hydrogen-bond donors (Lipinski definition) is 0. The standard InChI is InChI=1S/C17H18F4O/c1-15-6-8-16(9-7-15,10-14(15)18)11-22-13-4-2-12(3-5-13)17(19,20)21/h2-5,10H,6-9,11H2,1H3. The normalized spacial score (nSPS) is 31.0. The Kier molecular flexibility index (Phi) is 3.49. The molecule has 3 aliphatic carbocycles. The monoisotopic (exact) mass is 314 g/mol. The molecular formula is C17H18F4O. The first-order valence-corrected chi connectivity index (χ1v) is 7.42. The number of fused-ring (bicyclic) bond motifs is 2. The fourth-order valence-electron chi connectivity index (χ4n) is 3.28. The van der Waals surface area contributed by atoms with Crippen molar-refractivity contribution in [2.24, 2.45) is 10.8 Å². The van der Waals surface area contributed by atoms with Crippen LogP contribution < -0.4 is 4.74 Å². The van der Waals surface area contributed by atoms with Gasteiger partial charge >= 0.3 is 6.18 Å². The number of ether oxygens (including phenoxy) is 1. The van der Waals surface area contributed by atoms with Gasteiger partial charge in [0, 0.05) is 10.8 Å². The summed E-state index contributed by atoms with van der Waals surface area (Å²) in [7, 11) is 0. The highest BCUT2D eigenvalue weighted by molar-refractivity contribution is 5.29. The van der Waals surface area contributed by atoms with Gasteiger partial charge in [-0.15, -0.1) is 0 Å². The highest BCUT2D eigenvalue weighted by Gasteiger charge is 2.47. The minimum absolute atomic E-state index is 0.0685. The fourth-order valence-corrected chi connectivity index (χ4v) is 3.28. The zero-order valence-corrected chi connectivity index (χ0v) is 12.3. The maximum Gasteiger partial charge on any atom is 0.416 e. The lowest BCUT2D eigenvalue weighted by Gasteiger charge is -2.48. The summed E-state index contributed by atoms with van der Waals surface area (Å²) < 4.78 is 57.3. The van der Waals surface area contributed by atoms with Gasteiger partial charge in [-0.2, -0.15) is 13.2 Å². The fraction of sp³-hybridized carbons (Fsp3) is 0.529. The molecule has 0 spiro atoms. The third kappa shape index (κ3) is 2.73. The third-order valence-electron chi connectivity index (χ3n) is 5.07. The second kappa shape index (κ2) is 5.00. The first-order chi connectivity index (χ1) is 10.2. The Morgan fingerprint density at radius 2 is 1.64 bits per heavy atom. The first-order valence-electron chi connectivity index (χ1n) is 7.42. The molecule has 3 aliphatic rings. The molecule has 1 nitrogen and oxygen atoms in total.